The molecule has 0 unspecified atom stereocenters. The predicted molar refractivity (Wildman–Crippen MR) is 125 cm³/mol. The summed E-state index contributed by atoms with van der Waals surface area (Å²) in [5.74, 6) is 0. The minimum atomic E-state index is -4.49. The molecule has 2 rings (SSSR count). The summed E-state index contributed by atoms with van der Waals surface area (Å²) in [5, 5.41) is 0. The molecular formula is C24H39F3N2O3S. The van der Waals surface area contributed by atoms with Crippen molar-refractivity contribution in [1.29, 1.82) is 0 Å². The Hall–Kier alpha value is -1.16. The largest absolute Gasteiger partial charge is 0.416 e. The topological polar surface area (TPSA) is 49.9 Å². The number of hydrogen-bond acceptors (Lipinski definition) is 4. The monoisotopic (exact) mass is 492 g/mol. The summed E-state index contributed by atoms with van der Waals surface area (Å²) < 4.78 is 71.3. The molecule has 1 aromatic carbocycles. The third kappa shape index (κ3) is 8.53. The van der Waals surface area contributed by atoms with Crippen LogP contribution >= 0.6 is 0 Å². The van der Waals surface area contributed by atoms with E-state index in [1.165, 1.54) is 24.2 Å². The second-order valence-corrected chi connectivity index (χ2v) is 10.8. The molecule has 1 aliphatic rings. The number of unbranched alkanes of at least 4 members (excludes halogenated alkanes) is 3. The number of benzene rings is 1. The van der Waals surface area contributed by atoms with Crippen molar-refractivity contribution in [2.24, 2.45) is 0 Å². The molecule has 33 heavy (non-hydrogen) atoms. The lowest BCUT2D eigenvalue weighted by Gasteiger charge is -2.34. The molecule has 0 radical (unpaired) electrons. The standard InChI is InChI=1S/C24H39F3N2O3S/c1-4-29(5-2)18-8-6-7-9-19-32-22-14-12-21(13-15-22)28(3)33(30,31)23-16-10-20(11-17-23)24(25,26)27/h10-11,16-17,21-22H,4-9,12-15,18-19H2,1-3H3/t21-,22-. The van der Waals surface area contributed by atoms with Gasteiger partial charge in [-0.3, -0.25) is 0 Å². The van der Waals surface area contributed by atoms with Gasteiger partial charge in [0.2, 0.25) is 10.0 Å². The second-order valence-electron chi connectivity index (χ2n) is 8.79. The van der Waals surface area contributed by atoms with Crippen LogP contribution in [0.1, 0.15) is 70.8 Å². The van der Waals surface area contributed by atoms with Crippen molar-refractivity contribution in [3.05, 3.63) is 29.8 Å². The molecule has 0 saturated heterocycles. The van der Waals surface area contributed by atoms with Crippen molar-refractivity contribution in [3.8, 4) is 0 Å². The van der Waals surface area contributed by atoms with Gasteiger partial charge in [0.05, 0.1) is 16.6 Å². The highest BCUT2D eigenvalue weighted by atomic mass is 32.2. The van der Waals surface area contributed by atoms with Crippen molar-refractivity contribution in [2.45, 2.75) is 88.4 Å². The maximum atomic E-state index is 12.9. The first-order chi connectivity index (χ1) is 15.6. The van der Waals surface area contributed by atoms with E-state index in [9.17, 15) is 21.6 Å². The minimum Gasteiger partial charge on any atom is -0.378 e. The Bertz CT molecular complexity index is 788. The molecule has 9 heteroatoms. The molecule has 1 saturated carbocycles. The summed E-state index contributed by atoms with van der Waals surface area (Å²) in [6.07, 6.45) is 3.24. The van der Waals surface area contributed by atoms with Gasteiger partial charge in [-0.2, -0.15) is 17.5 Å². The molecule has 0 N–H and O–H groups in total. The fraction of sp³-hybridized carbons (Fsp3) is 0.750. The molecule has 190 valence electrons. The van der Waals surface area contributed by atoms with Gasteiger partial charge in [0.25, 0.3) is 0 Å². The molecule has 1 aliphatic carbocycles. The molecule has 5 nitrogen and oxygen atoms in total. The zero-order valence-electron chi connectivity index (χ0n) is 20.1. The van der Waals surface area contributed by atoms with Gasteiger partial charge in [0.15, 0.2) is 0 Å². The Morgan fingerprint density at radius 3 is 2.06 bits per heavy atom. The van der Waals surface area contributed by atoms with Gasteiger partial charge in [-0.25, -0.2) is 8.42 Å². The number of rotatable bonds is 13. The number of hydrogen-bond donors (Lipinski definition) is 0. The molecule has 0 atom stereocenters. The molecule has 0 aliphatic heterocycles. The third-order valence-corrected chi connectivity index (χ3v) is 8.56. The lowest BCUT2D eigenvalue weighted by atomic mass is 9.93. The molecule has 0 amide bonds. The summed E-state index contributed by atoms with van der Waals surface area (Å²) in [6.45, 7) is 8.47. The SMILES string of the molecule is CCN(CC)CCCCCCO[C@H]1CC[C@H](N(C)S(=O)(=O)c2ccc(C(F)(F)F)cc2)CC1. The van der Waals surface area contributed by atoms with Crippen LogP contribution < -0.4 is 0 Å². The van der Waals surface area contributed by atoms with Gasteiger partial charge in [0.1, 0.15) is 0 Å². The van der Waals surface area contributed by atoms with E-state index in [1.54, 1.807) is 0 Å². The van der Waals surface area contributed by atoms with Crippen LogP contribution in [0.4, 0.5) is 13.2 Å². The summed E-state index contributed by atoms with van der Waals surface area (Å²) in [7, 11) is -2.33. The second kappa shape index (κ2) is 13.1. The Balaban J connectivity index is 1.71. The lowest BCUT2D eigenvalue weighted by Crippen LogP contribution is -2.40. The van der Waals surface area contributed by atoms with Crippen LogP contribution in [0.5, 0.6) is 0 Å². The van der Waals surface area contributed by atoms with E-state index in [0.29, 0.717) is 12.8 Å². The summed E-state index contributed by atoms with van der Waals surface area (Å²) >= 11 is 0. The van der Waals surface area contributed by atoms with Crippen molar-refractivity contribution in [1.82, 2.24) is 9.21 Å². The van der Waals surface area contributed by atoms with Crippen LogP contribution in [0.2, 0.25) is 0 Å². The van der Waals surface area contributed by atoms with Crippen molar-refractivity contribution in [2.75, 3.05) is 33.3 Å². The summed E-state index contributed by atoms with van der Waals surface area (Å²) in [5.41, 5.74) is -0.856. The molecule has 0 spiro atoms. The normalized spacial score (nSPS) is 20.0. The Morgan fingerprint density at radius 1 is 0.939 bits per heavy atom. The van der Waals surface area contributed by atoms with E-state index in [-0.39, 0.29) is 17.0 Å². The van der Waals surface area contributed by atoms with Gasteiger partial charge in [-0.05, 0) is 82.4 Å². The highest BCUT2D eigenvalue weighted by Crippen LogP contribution is 2.32. The maximum Gasteiger partial charge on any atom is 0.416 e. The van der Waals surface area contributed by atoms with Gasteiger partial charge < -0.3 is 9.64 Å². The molecule has 0 bridgehead atoms. The van der Waals surface area contributed by atoms with E-state index in [0.717, 1.165) is 76.2 Å². The molecular weight excluding hydrogens is 453 g/mol. The smallest absolute Gasteiger partial charge is 0.378 e. The van der Waals surface area contributed by atoms with Gasteiger partial charge in [0, 0.05) is 19.7 Å². The molecule has 0 heterocycles. The molecule has 1 aromatic rings. The number of ether oxygens (including phenoxy) is 1. The van der Waals surface area contributed by atoms with Crippen LogP contribution in [-0.2, 0) is 20.9 Å². The Kier molecular flexibility index (Phi) is 11.1. The third-order valence-electron chi connectivity index (χ3n) is 6.63. The highest BCUT2D eigenvalue weighted by Gasteiger charge is 2.34. The fourth-order valence-corrected chi connectivity index (χ4v) is 5.75. The van der Waals surface area contributed by atoms with Crippen LogP contribution in [0.15, 0.2) is 29.2 Å². The van der Waals surface area contributed by atoms with Gasteiger partial charge in [-0.1, -0.05) is 26.7 Å². The summed E-state index contributed by atoms with van der Waals surface area (Å²) in [4.78, 5) is 2.32. The molecule has 1 fully saturated rings. The van der Waals surface area contributed by atoms with Gasteiger partial charge in [-0.15, -0.1) is 0 Å². The number of alkyl halides is 3. The van der Waals surface area contributed by atoms with E-state index in [1.807, 2.05) is 0 Å². The zero-order valence-corrected chi connectivity index (χ0v) is 20.9. The minimum absolute atomic E-state index is 0.114. The average Bonchev–Trinajstić information content (AvgIpc) is 2.80. The zero-order chi connectivity index (χ0) is 24.5. The van der Waals surface area contributed by atoms with E-state index in [2.05, 4.69) is 18.7 Å². The quantitative estimate of drug-likeness (QED) is 0.339. The summed E-state index contributed by atoms with van der Waals surface area (Å²) in [6, 6.07) is 3.53. The average molecular weight is 493 g/mol. The first kappa shape index (κ1) is 28.1. The number of sulfonamides is 1. The van der Waals surface area contributed by atoms with E-state index >= 15 is 0 Å². The van der Waals surface area contributed by atoms with Crippen LogP contribution in [0, 0.1) is 0 Å². The van der Waals surface area contributed by atoms with Crippen LogP contribution in [-0.4, -0.2) is 63.1 Å². The molecule has 0 aromatic heterocycles. The van der Waals surface area contributed by atoms with Crippen LogP contribution in [0.25, 0.3) is 0 Å². The van der Waals surface area contributed by atoms with E-state index in [4.69, 9.17) is 4.74 Å². The van der Waals surface area contributed by atoms with Gasteiger partial charge >= 0.3 is 6.18 Å². The first-order valence-corrected chi connectivity index (χ1v) is 13.5. The van der Waals surface area contributed by atoms with Crippen molar-refractivity contribution in [3.63, 3.8) is 0 Å². The first-order valence-electron chi connectivity index (χ1n) is 12.1. The van der Waals surface area contributed by atoms with Crippen LogP contribution in [0.3, 0.4) is 0 Å². The fourth-order valence-electron chi connectivity index (χ4n) is 4.33. The highest BCUT2D eigenvalue weighted by molar-refractivity contribution is 7.89. The Labute approximate surface area is 197 Å². The maximum absolute atomic E-state index is 12.9. The van der Waals surface area contributed by atoms with Crippen molar-refractivity contribution < 1.29 is 26.3 Å². The van der Waals surface area contributed by atoms with E-state index < -0.39 is 21.8 Å². The Morgan fingerprint density at radius 2 is 1.52 bits per heavy atom. The number of halogens is 3. The van der Waals surface area contributed by atoms with Crippen molar-refractivity contribution >= 4 is 10.0 Å². The lowest BCUT2D eigenvalue weighted by molar-refractivity contribution is -0.137. The predicted octanol–water partition coefficient (Wildman–Crippen LogP) is 5.56. The number of nitrogens with zero attached hydrogens (tertiary/aromatic N) is 2.